The molecule has 2 fully saturated rings. The highest BCUT2D eigenvalue weighted by atomic mass is 35.5. The average molecular weight is 737 g/mol. The number of imidazole rings is 1. The SMILES string of the molecule is COCCn1ncc(-c2ccc(-c3cnc(C(=O)Nc4ccc(C(=O)N5CCN(C(=O)C6C(C)C6CN(C)C)CC5)c(Cl)c4)n3C)c(F)c2F)c1C. The molecule has 0 bridgehead atoms. The second-order valence-corrected chi connectivity index (χ2v) is 14.2. The van der Waals surface area contributed by atoms with Crippen molar-refractivity contribution in [3.63, 3.8) is 0 Å². The van der Waals surface area contributed by atoms with E-state index in [1.807, 2.05) is 19.0 Å². The molecule has 1 aliphatic carbocycles. The van der Waals surface area contributed by atoms with Crippen LogP contribution >= 0.6 is 11.6 Å². The Morgan fingerprint density at radius 1 is 1.00 bits per heavy atom. The van der Waals surface area contributed by atoms with Gasteiger partial charge in [0.05, 0.1) is 41.8 Å². The van der Waals surface area contributed by atoms with Gasteiger partial charge in [-0.05, 0) is 57.1 Å². The van der Waals surface area contributed by atoms with E-state index < -0.39 is 17.5 Å². The smallest absolute Gasteiger partial charge is 0.291 e. The quantitative estimate of drug-likeness (QED) is 0.235. The molecular weight excluding hydrogens is 694 g/mol. The zero-order valence-corrected chi connectivity index (χ0v) is 30.9. The van der Waals surface area contributed by atoms with E-state index in [2.05, 4.69) is 27.2 Å². The van der Waals surface area contributed by atoms with Gasteiger partial charge in [-0.1, -0.05) is 24.6 Å². The van der Waals surface area contributed by atoms with Crippen molar-refractivity contribution in [3.05, 3.63) is 76.5 Å². The molecule has 2 aromatic heterocycles. The summed E-state index contributed by atoms with van der Waals surface area (Å²) >= 11 is 6.54. The van der Waals surface area contributed by atoms with Gasteiger partial charge in [-0.25, -0.2) is 13.8 Å². The number of benzene rings is 2. The maximum atomic E-state index is 15.5. The van der Waals surface area contributed by atoms with Crippen molar-refractivity contribution >= 4 is 35.0 Å². The number of carbonyl (C=O) groups excluding carboxylic acids is 3. The van der Waals surface area contributed by atoms with Crippen molar-refractivity contribution in [2.75, 3.05) is 65.9 Å². The molecule has 1 saturated heterocycles. The van der Waals surface area contributed by atoms with E-state index >= 15 is 8.78 Å². The Kier molecular flexibility index (Phi) is 10.8. The number of amides is 3. The third-order valence-corrected chi connectivity index (χ3v) is 10.5. The van der Waals surface area contributed by atoms with Gasteiger partial charge in [0.25, 0.3) is 11.8 Å². The van der Waals surface area contributed by atoms with Crippen LogP contribution in [0.1, 0.15) is 33.6 Å². The highest BCUT2D eigenvalue weighted by Crippen LogP contribution is 2.47. The van der Waals surface area contributed by atoms with Gasteiger partial charge < -0.3 is 29.3 Å². The summed E-state index contributed by atoms with van der Waals surface area (Å²) in [6.45, 7) is 7.38. The molecule has 2 aromatic carbocycles. The topological polar surface area (TPSA) is 118 Å². The zero-order valence-electron chi connectivity index (χ0n) is 30.1. The van der Waals surface area contributed by atoms with Crippen LogP contribution in [0.3, 0.4) is 0 Å². The van der Waals surface area contributed by atoms with Crippen molar-refractivity contribution in [3.8, 4) is 22.4 Å². The van der Waals surface area contributed by atoms with E-state index in [-0.39, 0.29) is 51.0 Å². The largest absolute Gasteiger partial charge is 0.383 e. The molecular formula is C37H43ClF2N8O4. The molecule has 12 nitrogen and oxygen atoms in total. The van der Waals surface area contributed by atoms with E-state index in [0.29, 0.717) is 68.1 Å². The average Bonchev–Trinajstić information content (AvgIpc) is 3.37. The van der Waals surface area contributed by atoms with Gasteiger partial charge in [-0.15, -0.1) is 0 Å². The predicted molar refractivity (Wildman–Crippen MR) is 193 cm³/mol. The number of anilines is 1. The molecule has 2 aliphatic rings. The van der Waals surface area contributed by atoms with Crippen molar-refractivity contribution in [1.29, 1.82) is 0 Å². The third kappa shape index (κ3) is 7.19. The standard InChI is InChI=1S/C37H43ClF2N8O4/c1-21-28(20-44(3)4)31(21)37(51)47-13-11-46(12-14-47)36(50)25-8-7-23(17-29(25)38)43-35(49)34-41-19-30(45(34)5)26-10-9-24(32(39)33(26)40)27-18-42-48(22(27)2)15-16-52-6/h7-10,17-19,21,28,31H,11-16,20H2,1-6H3,(H,43,49). The molecule has 3 unspecified atom stereocenters. The molecule has 52 heavy (non-hydrogen) atoms. The first-order valence-electron chi connectivity index (χ1n) is 17.2. The normalized spacial score (nSPS) is 18.6. The summed E-state index contributed by atoms with van der Waals surface area (Å²) in [5.74, 6) is -2.13. The van der Waals surface area contributed by atoms with Crippen LogP contribution < -0.4 is 5.32 Å². The monoisotopic (exact) mass is 736 g/mol. The highest BCUT2D eigenvalue weighted by Gasteiger charge is 2.53. The van der Waals surface area contributed by atoms with Crippen LogP contribution in [0.2, 0.25) is 5.02 Å². The summed E-state index contributed by atoms with van der Waals surface area (Å²) in [6, 6.07) is 7.50. The van der Waals surface area contributed by atoms with E-state index in [9.17, 15) is 14.4 Å². The fourth-order valence-corrected chi connectivity index (χ4v) is 7.32. The van der Waals surface area contributed by atoms with Crippen LogP contribution in [-0.2, 0) is 23.1 Å². The highest BCUT2D eigenvalue weighted by molar-refractivity contribution is 6.34. The van der Waals surface area contributed by atoms with Gasteiger partial charge in [-0.3, -0.25) is 19.1 Å². The Morgan fingerprint density at radius 2 is 1.67 bits per heavy atom. The molecule has 3 amide bonds. The fraction of sp³-hybridized carbons (Fsp3) is 0.432. The van der Waals surface area contributed by atoms with Crippen molar-refractivity contribution in [2.45, 2.75) is 20.4 Å². The lowest BCUT2D eigenvalue weighted by Crippen LogP contribution is -2.51. The Labute approximate surface area is 306 Å². The summed E-state index contributed by atoms with van der Waals surface area (Å²) in [5.41, 5.74) is 1.92. The lowest BCUT2D eigenvalue weighted by atomic mass is 10.0. The molecule has 3 atom stereocenters. The number of carbonyl (C=O) groups is 3. The van der Waals surface area contributed by atoms with E-state index in [1.54, 1.807) is 35.7 Å². The maximum Gasteiger partial charge on any atom is 0.291 e. The molecule has 4 aromatic rings. The second kappa shape index (κ2) is 15.1. The molecule has 6 rings (SSSR count). The van der Waals surface area contributed by atoms with Crippen LogP contribution in [0.25, 0.3) is 22.4 Å². The van der Waals surface area contributed by atoms with E-state index in [4.69, 9.17) is 16.3 Å². The number of hydrogen-bond donors (Lipinski definition) is 1. The van der Waals surface area contributed by atoms with Gasteiger partial charge in [0.2, 0.25) is 5.91 Å². The second-order valence-electron chi connectivity index (χ2n) is 13.8. The van der Waals surface area contributed by atoms with Crippen molar-refractivity contribution < 1.29 is 27.9 Å². The van der Waals surface area contributed by atoms with Gasteiger partial charge in [0, 0.05) is 80.9 Å². The number of nitrogens with zero attached hydrogens (tertiary/aromatic N) is 7. The number of piperazine rings is 1. The van der Waals surface area contributed by atoms with Gasteiger partial charge in [0.1, 0.15) is 0 Å². The van der Waals surface area contributed by atoms with Crippen LogP contribution in [0.5, 0.6) is 0 Å². The van der Waals surface area contributed by atoms with Crippen LogP contribution in [0, 0.1) is 36.3 Å². The minimum Gasteiger partial charge on any atom is -0.383 e. The molecule has 0 spiro atoms. The van der Waals surface area contributed by atoms with E-state index in [1.165, 1.54) is 42.2 Å². The molecule has 1 aliphatic heterocycles. The van der Waals surface area contributed by atoms with Crippen molar-refractivity contribution in [1.82, 2.24) is 34.0 Å². The third-order valence-electron chi connectivity index (χ3n) is 10.2. The van der Waals surface area contributed by atoms with Gasteiger partial charge in [0.15, 0.2) is 17.5 Å². The Hall–Kier alpha value is -4.66. The summed E-state index contributed by atoms with van der Waals surface area (Å²) in [7, 11) is 7.13. The number of aromatic nitrogens is 4. The molecule has 3 heterocycles. The van der Waals surface area contributed by atoms with Gasteiger partial charge in [-0.2, -0.15) is 5.10 Å². The maximum absolute atomic E-state index is 15.5. The zero-order chi connectivity index (χ0) is 37.4. The Balaban J connectivity index is 1.09. The minimum absolute atomic E-state index is 0.0355. The van der Waals surface area contributed by atoms with Crippen LogP contribution in [0.4, 0.5) is 14.5 Å². The first kappa shape index (κ1) is 37.1. The van der Waals surface area contributed by atoms with E-state index in [0.717, 1.165) is 6.54 Å². The molecule has 1 saturated carbocycles. The molecule has 1 N–H and O–H groups in total. The Bertz CT molecular complexity index is 2000. The molecule has 276 valence electrons. The summed E-state index contributed by atoms with van der Waals surface area (Å²) < 4.78 is 39.1. The number of ether oxygens (including phenoxy) is 1. The predicted octanol–water partition coefficient (Wildman–Crippen LogP) is 4.82. The lowest BCUT2D eigenvalue weighted by Gasteiger charge is -2.35. The summed E-state index contributed by atoms with van der Waals surface area (Å²) in [4.78, 5) is 49.6. The summed E-state index contributed by atoms with van der Waals surface area (Å²) in [6.07, 6.45) is 2.79. The minimum atomic E-state index is -1.08. The van der Waals surface area contributed by atoms with Crippen molar-refractivity contribution in [2.24, 2.45) is 24.8 Å². The van der Waals surface area contributed by atoms with Crippen LogP contribution in [0.15, 0.2) is 42.7 Å². The number of nitrogens with one attached hydrogen (secondary N) is 1. The lowest BCUT2D eigenvalue weighted by molar-refractivity contribution is -0.134. The first-order chi connectivity index (χ1) is 24.8. The number of hydrogen-bond acceptors (Lipinski definition) is 7. The molecule has 15 heteroatoms. The number of methoxy groups -OCH3 is 1. The van der Waals surface area contributed by atoms with Crippen LogP contribution in [-0.4, -0.2) is 112 Å². The Morgan fingerprint density at radius 3 is 2.35 bits per heavy atom. The number of halogens is 3. The summed E-state index contributed by atoms with van der Waals surface area (Å²) in [5, 5.41) is 7.13. The first-order valence-corrected chi connectivity index (χ1v) is 17.6. The number of rotatable bonds is 11. The van der Waals surface area contributed by atoms with Gasteiger partial charge >= 0.3 is 0 Å². The molecule has 0 radical (unpaired) electrons. The fourth-order valence-electron chi connectivity index (χ4n) is 7.06.